The van der Waals surface area contributed by atoms with Crippen molar-refractivity contribution in [1.29, 1.82) is 0 Å². The first-order valence-corrected chi connectivity index (χ1v) is 12.4. The van der Waals surface area contributed by atoms with Crippen LogP contribution < -0.4 is 14.8 Å². The predicted molar refractivity (Wildman–Crippen MR) is 116 cm³/mol. The number of ether oxygens (including phenoxy) is 1. The zero-order valence-electron chi connectivity index (χ0n) is 17.7. The lowest BCUT2D eigenvalue weighted by atomic mass is 10.1. The van der Waals surface area contributed by atoms with Crippen LogP contribution in [0, 0.1) is 6.92 Å². The van der Waals surface area contributed by atoms with Gasteiger partial charge in [-0.3, -0.25) is 4.79 Å². The van der Waals surface area contributed by atoms with Gasteiger partial charge in [-0.1, -0.05) is 6.07 Å². The molecule has 2 aromatic rings. The summed E-state index contributed by atoms with van der Waals surface area (Å²) in [5, 5.41) is 5.19. The molecule has 0 aromatic heterocycles. The Morgan fingerprint density at radius 3 is 2.45 bits per heavy atom. The second-order valence-electron chi connectivity index (χ2n) is 7.68. The summed E-state index contributed by atoms with van der Waals surface area (Å²) in [4.78, 5) is 14.4. The molecule has 0 fully saturated rings. The molecule has 0 bridgehead atoms. The molecule has 0 saturated heterocycles. The van der Waals surface area contributed by atoms with E-state index in [1.54, 1.807) is 19.1 Å². The van der Waals surface area contributed by atoms with Gasteiger partial charge < -0.3 is 9.64 Å². The number of carbonyl (C=O) groups is 1. The van der Waals surface area contributed by atoms with Crippen molar-refractivity contribution < 1.29 is 26.4 Å². The van der Waals surface area contributed by atoms with Crippen LogP contribution in [-0.2, 0) is 31.3 Å². The summed E-state index contributed by atoms with van der Waals surface area (Å²) in [6.45, 7) is 3.23. The Labute approximate surface area is 182 Å². The minimum atomic E-state index is -3.84. The molecule has 168 valence electrons. The minimum Gasteiger partial charge on any atom is -0.482 e. The molecule has 1 heterocycles. The zero-order valence-corrected chi connectivity index (χ0v) is 19.3. The van der Waals surface area contributed by atoms with Gasteiger partial charge in [0.1, 0.15) is 10.6 Å². The first-order valence-electron chi connectivity index (χ1n) is 9.46. The first kappa shape index (κ1) is 23.2. The average Bonchev–Trinajstić information content (AvgIpc) is 3.00. The van der Waals surface area contributed by atoms with E-state index < -0.39 is 20.0 Å². The van der Waals surface area contributed by atoms with Crippen LogP contribution in [0.3, 0.4) is 0 Å². The topological polar surface area (TPSA) is 127 Å². The molecule has 2 aromatic carbocycles. The predicted octanol–water partition coefficient (Wildman–Crippen LogP) is 1.25. The number of benzene rings is 2. The van der Waals surface area contributed by atoms with E-state index >= 15 is 0 Å². The maximum absolute atomic E-state index is 12.9. The Morgan fingerprint density at radius 1 is 1.16 bits per heavy atom. The molecule has 1 aliphatic heterocycles. The van der Waals surface area contributed by atoms with Crippen molar-refractivity contribution in [2.75, 3.05) is 25.6 Å². The van der Waals surface area contributed by atoms with Gasteiger partial charge >= 0.3 is 0 Å². The quantitative estimate of drug-likeness (QED) is 0.681. The number of primary sulfonamides is 1. The SMILES string of the molecule is Cc1ccc(OCC(=O)N2c3ccc(S(N)(=O)=O)cc3C[C@H]2C)c(S(=O)(=O)N(C)C)c1. The third kappa shape index (κ3) is 4.59. The smallest absolute Gasteiger partial charge is 0.265 e. The molecule has 0 aliphatic carbocycles. The number of hydrogen-bond donors (Lipinski definition) is 1. The molecule has 1 atom stereocenters. The van der Waals surface area contributed by atoms with Gasteiger partial charge in [-0.15, -0.1) is 0 Å². The fourth-order valence-corrected chi connectivity index (χ4v) is 5.18. The van der Waals surface area contributed by atoms with Gasteiger partial charge in [0.25, 0.3) is 5.91 Å². The molecular formula is C20H25N3O6S2. The Morgan fingerprint density at radius 2 is 1.84 bits per heavy atom. The summed E-state index contributed by atoms with van der Waals surface area (Å²) in [5.74, 6) is -0.285. The van der Waals surface area contributed by atoms with Crippen LogP contribution in [0.15, 0.2) is 46.2 Å². The van der Waals surface area contributed by atoms with Gasteiger partial charge in [-0.25, -0.2) is 26.3 Å². The lowest BCUT2D eigenvalue weighted by molar-refractivity contribution is -0.120. The number of fused-ring (bicyclic) bond motifs is 1. The lowest BCUT2D eigenvalue weighted by Crippen LogP contribution is -2.39. The fraction of sp³-hybridized carbons (Fsp3) is 0.350. The Kier molecular flexibility index (Phi) is 6.16. The largest absolute Gasteiger partial charge is 0.482 e. The summed E-state index contributed by atoms with van der Waals surface area (Å²) in [5.41, 5.74) is 2.02. The zero-order chi connectivity index (χ0) is 23.1. The van der Waals surface area contributed by atoms with Gasteiger partial charge in [0.05, 0.1) is 4.90 Å². The highest BCUT2D eigenvalue weighted by Gasteiger charge is 2.32. The molecule has 11 heteroatoms. The molecule has 1 aliphatic rings. The number of nitrogens with zero attached hydrogens (tertiary/aromatic N) is 2. The second kappa shape index (κ2) is 8.23. The van der Waals surface area contributed by atoms with Gasteiger partial charge in [0.2, 0.25) is 20.0 Å². The Hall–Kier alpha value is -2.47. The van der Waals surface area contributed by atoms with E-state index in [0.29, 0.717) is 17.7 Å². The van der Waals surface area contributed by atoms with E-state index in [2.05, 4.69) is 0 Å². The van der Waals surface area contributed by atoms with Crippen molar-refractivity contribution >= 4 is 31.6 Å². The summed E-state index contributed by atoms with van der Waals surface area (Å²) in [6.07, 6.45) is 0.467. The van der Waals surface area contributed by atoms with E-state index in [0.717, 1.165) is 9.87 Å². The van der Waals surface area contributed by atoms with E-state index in [1.807, 2.05) is 6.92 Å². The summed E-state index contributed by atoms with van der Waals surface area (Å²) < 4.78 is 55.2. The van der Waals surface area contributed by atoms with Crippen LogP contribution in [0.5, 0.6) is 5.75 Å². The number of carbonyl (C=O) groups excluding carboxylic acids is 1. The third-order valence-corrected chi connectivity index (χ3v) is 7.82. The van der Waals surface area contributed by atoms with Crippen molar-refractivity contribution in [3.8, 4) is 5.75 Å². The number of amides is 1. The monoisotopic (exact) mass is 467 g/mol. The standard InChI is InChI=1S/C20H25N3O6S2/c1-13-5-8-18(19(9-13)31(27,28)22(3)4)29-12-20(24)23-14(2)10-15-11-16(30(21,25)26)6-7-17(15)23/h5-9,11,14H,10,12H2,1-4H3,(H2,21,25,26)/t14-/m1/s1. The van der Waals surface area contributed by atoms with Gasteiger partial charge in [0, 0.05) is 25.8 Å². The van der Waals surface area contributed by atoms with E-state index in [1.165, 1.54) is 43.3 Å². The lowest BCUT2D eigenvalue weighted by Gasteiger charge is -2.23. The second-order valence-corrected chi connectivity index (χ2v) is 11.4. The average molecular weight is 468 g/mol. The summed E-state index contributed by atoms with van der Waals surface area (Å²) in [6, 6.07) is 8.88. The van der Waals surface area contributed by atoms with Crippen molar-refractivity contribution in [2.24, 2.45) is 5.14 Å². The maximum atomic E-state index is 12.9. The van der Waals surface area contributed by atoms with Gasteiger partial charge in [-0.2, -0.15) is 0 Å². The molecule has 3 rings (SSSR count). The molecule has 0 unspecified atom stereocenters. The van der Waals surface area contributed by atoms with Gasteiger partial charge in [0.15, 0.2) is 6.61 Å². The van der Waals surface area contributed by atoms with E-state index in [-0.39, 0.29) is 34.1 Å². The van der Waals surface area contributed by atoms with Crippen molar-refractivity contribution in [1.82, 2.24) is 4.31 Å². The van der Waals surface area contributed by atoms with Crippen LogP contribution in [0.25, 0.3) is 0 Å². The number of anilines is 1. The minimum absolute atomic E-state index is 0.0119. The fourth-order valence-electron chi connectivity index (χ4n) is 3.51. The van der Waals surface area contributed by atoms with Crippen molar-refractivity contribution in [3.63, 3.8) is 0 Å². The number of hydrogen-bond acceptors (Lipinski definition) is 6. The summed E-state index contributed by atoms with van der Waals surface area (Å²) in [7, 11) is -4.76. The van der Waals surface area contributed by atoms with Gasteiger partial charge in [-0.05, 0) is 61.7 Å². The van der Waals surface area contributed by atoms with Crippen molar-refractivity contribution in [2.45, 2.75) is 36.1 Å². The van der Waals surface area contributed by atoms with Crippen LogP contribution >= 0.6 is 0 Å². The normalized spacial score (nSPS) is 16.5. The number of aryl methyl sites for hydroxylation is 1. The number of sulfonamides is 2. The first-order chi connectivity index (χ1) is 14.3. The molecule has 0 radical (unpaired) electrons. The highest BCUT2D eigenvalue weighted by molar-refractivity contribution is 7.89. The number of nitrogens with two attached hydrogens (primary N) is 1. The Balaban J connectivity index is 1.85. The van der Waals surface area contributed by atoms with E-state index in [4.69, 9.17) is 9.88 Å². The van der Waals surface area contributed by atoms with Crippen LogP contribution in [-0.4, -0.2) is 53.8 Å². The highest BCUT2D eigenvalue weighted by atomic mass is 32.2. The highest BCUT2D eigenvalue weighted by Crippen LogP contribution is 2.34. The third-order valence-electron chi connectivity index (χ3n) is 5.07. The maximum Gasteiger partial charge on any atom is 0.265 e. The van der Waals surface area contributed by atoms with E-state index in [9.17, 15) is 21.6 Å². The van der Waals surface area contributed by atoms with Crippen LogP contribution in [0.1, 0.15) is 18.1 Å². The van der Waals surface area contributed by atoms with Crippen molar-refractivity contribution in [3.05, 3.63) is 47.5 Å². The molecule has 2 N–H and O–H groups in total. The van der Waals surface area contributed by atoms with Crippen LogP contribution in [0.2, 0.25) is 0 Å². The Bertz CT molecular complexity index is 1240. The molecule has 0 spiro atoms. The molecule has 1 amide bonds. The summed E-state index contributed by atoms with van der Waals surface area (Å²) >= 11 is 0. The molecule has 9 nitrogen and oxygen atoms in total. The molecule has 0 saturated carbocycles. The number of rotatable bonds is 6. The van der Waals surface area contributed by atoms with Crippen LogP contribution in [0.4, 0.5) is 5.69 Å². The molecular weight excluding hydrogens is 442 g/mol. The molecule has 31 heavy (non-hydrogen) atoms.